The van der Waals surface area contributed by atoms with Crippen LogP contribution in [0.2, 0.25) is 0 Å². The molecule has 1 atom stereocenters. The third-order valence-electron chi connectivity index (χ3n) is 2.78. The molecule has 1 unspecified atom stereocenters. The summed E-state index contributed by atoms with van der Waals surface area (Å²) in [5, 5.41) is 3.07. The van der Waals surface area contributed by atoms with Crippen molar-refractivity contribution in [3.05, 3.63) is 52.5 Å². The zero-order valence-corrected chi connectivity index (χ0v) is 12.2. The molecule has 1 N–H and O–H groups in total. The quantitative estimate of drug-likeness (QED) is 0.921. The SMILES string of the molecule is CNC(C)c1cc(F)ccc1Oc1cncc(Br)c1. The lowest BCUT2D eigenvalue weighted by Crippen LogP contribution is -2.13. The molecule has 1 heterocycles. The van der Waals surface area contributed by atoms with Crippen molar-refractivity contribution in [2.75, 3.05) is 7.05 Å². The van der Waals surface area contributed by atoms with Crippen molar-refractivity contribution in [1.82, 2.24) is 10.3 Å². The van der Waals surface area contributed by atoms with Gasteiger partial charge in [0.05, 0.1) is 6.20 Å². The van der Waals surface area contributed by atoms with E-state index in [-0.39, 0.29) is 11.9 Å². The molecule has 2 aromatic rings. The fourth-order valence-electron chi connectivity index (χ4n) is 1.68. The number of hydrogen-bond acceptors (Lipinski definition) is 3. The number of hydrogen-bond donors (Lipinski definition) is 1. The molecule has 0 spiro atoms. The molecule has 0 aliphatic rings. The van der Waals surface area contributed by atoms with Gasteiger partial charge in [0.2, 0.25) is 0 Å². The van der Waals surface area contributed by atoms with Crippen LogP contribution in [0.5, 0.6) is 11.5 Å². The standard InChI is InChI=1S/C14H14BrFN2O/c1-9(17-2)13-6-11(16)3-4-14(13)19-12-5-10(15)7-18-8-12/h3-9,17H,1-2H3. The van der Waals surface area contributed by atoms with E-state index in [0.29, 0.717) is 11.5 Å². The Labute approximate surface area is 119 Å². The first-order valence-corrected chi connectivity index (χ1v) is 6.64. The second kappa shape index (κ2) is 6.12. The van der Waals surface area contributed by atoms with E-state index in [9.17, 15) is 4.39 Å². The van der Waals surface area contributed by atoms with Crippen LogP contribution in [0.4, 0.5) is 4.39 Å². The largest absolute Gasteiger partial charge is 0.455 e. The number of pyridine rings is 1. The number of nitrogens with one attached hydrogen (secondary N) is 1. The Hall–Kier alpha value is -1.46. The Bertz CT molecular complexity index is 577. The molecule has 100 valence electrons. The maximum absolute atomic E-state index is 13.3. The second-order valence-electron chi connectivity index (χ2n) is 4.13. The van der Waals surface area contributed by atoms with E-state index in [1.54, 1.807) is 18.5 Å². The van der Waals surface area contributed by atoms with Crippen LogP contribution in [-0.2, 0) is 0 Å². The molecule has 0 saturated heterocycles. The van der Waals surface area contributed by atoms with Gasteiger partial charge >= 0.3 is 0 Å². The summed E-state index contributed by atoms with van der Waals surface area (Å²) in [6.45, 7) is 1.95. The summed E-state index contributed by atoms with van der Waals surface area (Å²) in [5.41, 5.74) is 0.766. The van der Waals surface area contributed by atoms with Gasteiger partial charge in [0.15, 0.2) is 0 Å². The lowest BCUT2D eigenvalue weighted by atomic mass is 10.1. The van der Waals surface area contributed by atoms with Crippen LogP contribution in [0.15, 0.2) is 41.1 Å². The van der Waals surface area contributed by atoms with E-state index in [2.05, 4.69) is 26.2 Å². The summed E-state index contributed by atoms with van der Waals surface area (Å²) >= 11 is 3.33. The van der Waals surface area contributed by atoms with Crippen LogP contribution in [0, 0.1) is 5.82 Å². The number of benzene rings is 1. The molecule has 1 aromatic carbocycles. The predicted octanol–water partition coefficient (Wildman–Crippen LogP) is 4.06. The molecule has 2 rings (SSSR count). The average molecular weight is 325 g/mol. The molecule has 3 nitrogen and oxygen atoms in total. The van der Waals surface area contributed by atoms with Crippen LogP contribution in [-0.4, -0.2) is 12.0 Å². The molecule has 1 aromatic heterocycles. The summed E-state index contributed by atoms with van der Waals surface area (Å²) in [6, 6.07) is 6.28. The van der Waals surface area contributed by atoms with E-state index in [1.807, 2.05) is 20.0 Å². The van der Waals surface area contributed by atoms with Crippen molar-refractivity contribution in [3.8, 4) is 11.5 Å². The van der Waals surface area contributed by atoms with Gasteiger partial charge in [0, 0.05) is 22.3 Å². The van der Waals surface area contributed by atoms with Gasteiger partial charge in [-0.05, 0) is 54.2 Å². The summed E-state index contributed by atoms with van der Waals surface area (Å²) in [4.78, 5) is 4.03. The highest BCUT2D eigenvalue weighted by atomic mass is 79.9. The molecule has 0 saturated carbocycles. The maximum atomic E-state index is 13.3. The van der Waals surface area contributed by atoms with E-state index >= 15 is 0 Å². The highest BCUT2D eigenvalue weighted by molar-refractivity contribution is 9.10. The van der Waals surface area contributed by atoms with Gasteiger partial charge in [0.25, 0.3) is 0 Å². The number of nitrogens with zero attached hydrogens (tertiary/aromatic N) is 1. The summed E-state index contributed by atoms with van der Waals surface area (Å²) in [6.07, 6.45) is 3.29. The molecular weight excluding hydrogens is 311 g/mol. The Morgan fingerprint density at radius 1 is 1.32 bits per heavy atom. The highest BCUT2D eigenvalue weighted by Crippen LogP contribution is 2.30. The van der Waals surface area contributed by atoms with Crippen LogP contribution < -0.4 is 10.1 Å². The fraction of sp³-hybridized carbons (Fsp3) is 0.214. The lowest BCUT2D eigenvalue weighted by molar-refractivity contribution is 0.461. The Morgan fingerprint density at radius 3 is 2.79 bits per heavy atom. The minimum Gasteiger partial charge on any atom is -0.455 e. The molecule has 0 radical (unpaired) electrons. The molecule has 5 heteroatoms. The second-order valence-corrected chi connectivity index (χ2v) is 5.05. The summed E-state index contributed by atoms with van der Waals surface area (Å²) in [5.74, 6) is 0.936. The number of ether oxygens (including phenoxy) is 1. The van der Waals surface area contributed by atoms with Gasteiger partial charge in [-0.2, -0.15) is 0 Å². The Morgan fingerprint density at radius 2 is 2.11 bits per heavy atom. The first kappa shape index (κ1) is 14.0. The molecular formula is C14H14BrFN2O. The third-order valence-corrected chi connectivity index (χ3v) is 3.21. The average Bonchev–Trinajstić information content (AvgIpc) is 2.40. The van der Waals surface area contributed by atoms with Crippen molar-refractivity contribution in [2.45, 2.75) is 13.0 Å². The van der Waals surface area contributed by atoms with Crippen molar-refractivity contribution < 1.29 is 9.13 Å². The van der Waals surface area contributed by atoms with E-state index < -0.39 is 0 Å². The van der Waals surface area contributed by atoms with E-state index in [4.69, 9.17) is 4.74 Å². The summed E-state index contributed by atoms with van der Waals surface area (Å²) in [7, 11) is 1.82. The Kier molecular flexibility index (Phi) is 4.50. The monoisotopic (exact) mass is 324 g/mol. The van der Waals surface area contributed by atoms with Crippen molar-refractivity contribution >= 4 is 15.9 Å². The number of halogens is 2. The van der Waals surface area contributed by atoms with Crippen molar-refractivity contribution in [1.29, 1.82) is 0 Å². The predicted molar refractivity (Wildman–Crippen MR) is 75.9 cm³/mol. The molecule has 0 aliphatic heterocycles. The van der Waals surface area contributed by atoms with Crippen molar-refractivity contribution in [2.24, 2.45) is 0 Å². The van der Waals surface area contributed by atoms with Crippen molar-refractivity contribution in [3.63, 3.8) is 0 Å². The first-order valence-electron chi connectivity index (χ1n) is 5.85. The first-order chi connectivity index (χ1) is 9.10. The van der Waals surface area contributed by atoms with Crippen LogP contribution in [0.3, 0.4) is 0 Å². The molecule has 0 fully saturated rings. The van der Waals surface area contributed by atoms with Gasteiger partial charge < -0.3 is 10.1 Å². The van der Waals surface area contributed by atoms with Gasteiger partial charge in [0.1, 0.15) is 17.3 Å². The van der Waals surface area contributed by atoms with Crippen LogP contribution >= 0.6 is 15.9 Å². The smallest absolute Gasteiger partial charge is 0.146 e. The molecule has 0 aliphatic carbocycles. The number of rotatable bonds is 4. The fourth-order valence-corrected chi connectivity index (χ4v) is 2.03. The van der Waals surface area contributed by atoms with Gasteiger partial charge in [-0.3, -0.25) is 4.98 Å². The van der Waals surface area contributed by atoms with Gasteiger partial charge in [-0.15, -0.1) is 0 Å². The third kappa shape index (κ3) is 3.52. The lowest BCUT2D eigenvalue weighted by Gasteiger charge is -2.16. The van der Waals surface area contributed by atoms with Gasteiger partial charge in [-0.25, -0.2) is 4.39 Å². The number of aromatic nitrogens is 1. The zero-order chi connectivity index (χ0) is 13.8. The minimum atomic E-state index is -0.281. The van der Waals surface area contributed by atoms with Crippen LogP contribution in [0.1, 0.15) is 18.5 Å². The molecule has 0 amide bonds. The van der Waals surface area contributed by atoms with Crippen LogP contribution in [0.25, 0.3) is 0 Å². The molecule has 19 heavy (non-hydrogen) atoms. The summed E-state index contributed by atoms with van der Waals surface area (Å²) < 4.78 is 19.9. The zero-order valence-electron chi connectivity index (χ0n) is 10.7. The highest BCUT2D eigenvalue weighted by Gasteiger charge is 2.12. The van der Waals surface area contributed by atoms with Gasteiger partial charge in [-0.1, -0.05) is 0 Å². The normalized spacial score (nSPS) is 12.2. The maximum Gasteiger partial charge on any atom is 0.146 e. The van der Waals surface area contributed by atoms with E-state index in [1.165, 1.54) is 12.1 Å². The molecule has 0 bridgehead atoms. The topological polar surface area (TPSA) is 34.1 Å². The minimum absolute atomic E-state index is 0.00851. The van der Waals surface area contributed by atoms with E-state index in [0.717, 1.165) is 10.0 Å². The Balaban J connectivity index is 2.34.